The number of piperidine rings is 1. The molecule has 0 amide bonds. The molecule has 0 saturated carbocycles. The first-order valence-electron chi connectivity index (χ1n) is 7.44. The molecule has 0 bridgehead atoms. The molecule has 0 radical (unpaired) electrons. The summed E-state index contributed by atoms with van der Waals surface area (Å²) in [6.07, 6.45) is 5.81. The molecule has 1 saturated heterocycles. The molecule has 0 aromatic carbocycles. The smallest absolute Gasteiger partial charge is 0.139 e. The zero-order valence-electron chi connectivity index (χ0n) is 12.7. The second-order valence-electron chi connectivity index (χ2n) is 5.18. The standard InChI is InChI=1S/C15H25N3O3/c1-19-5-6-20-7-8-21-15-9-14(10-17-11-15)18-4-2-3-13(16)12-18/h9-11,13H,2-8,12,16H2,1H3. The molecular formula is C15H25N3O3. The highest BCUT2D eigenvalue weighted by Gasteiger charge is 2.17. The van der Waals surface area contributed by atoms with Crippen LogP contribution < -0.4 is 15.4 Å². The lowest BCUT2D eigenvalue weighted by atomic mass is 10.1. The SMILES string of the molecule is COCCOCCOc1cncc(N2CCCC(N)C2)c1. The zero-order chi connectivity index (χ0) is 14.9. The molecule has 0 spiro atoms. The molecule has 118 valence electrons. The van der Waals surface area contributed by atoms with Crippen molar-refractivity contribution in [3.05, 3.63) is 18.5 Å². The van der Waals surface area contributed by atoms with E-state index in [1.807, 2.05) is 12.3 Å². The number of ether oxygens (including phenoxy) is 3. The molecule has 2 N–H and O–H groups in total. The summed E-state index contributed by atoms with van der Waals surface area (Å²) in [7, 11) is 1.66. The molecule has 2 rings (SSSR count). The highest BCUT2D eigenvalue weighted by atomic mass is 16.5. The van der Waals surface area contributed by atoms with E-state index < -0.39 is 0 Å². The van der Waals surface area contributed by atoms with Crippen LogP contribution in [-0.4, -0.2) is 57.7 Å². The van der Waals surface area contributed by atoms with Gasteiger partial charge in [0.1, 0.15) is 12.4 Å². The van der Waals surface area contributed by atoms with Crippen molar-refractivity contribution in [2.24, 2.45) is 5.73 Å². The molecule has 1 unspecified atom stereocenters. The van der Waals surface area contributed by atoms with E-state index in [-0.39, 0.29) is 6.04 Å². The van der Waals surface area contributed by atoms with Gasteiger partial charge in [-0.15, -0.1) is 0 Å². The summed E-state index contributed by atoms with van der Waals surface area (Å²) in [5.41, 5.74) is 7.09. The van der Waals surface area contributed by atoms with Crippen molar-refractivity contribution in [3.63, 3.8) is 0 Å². The number of hydrogen-bond donors (Lipinski definition) is 1. The Bertz CT molecular complexity index is 417. The van der Waals surface area contributed by atoms with Crippen LogP contribution in [0, 0.1) is 0 Å². The molecule has 21 heavy (non-hydrogen) atoms. The van der Waals surface area contributed by atoms with Crippen LogP contribution in [0.4, 0.5) is 5.69 Å². The van der Waals surface area contributed by atoms with Crippen LogP contribution in [0.1, 0.15) is 12.8 Å². The Morgan fingerprint density at radius 2 is 2.14 bits per heavy atom. The van der Waals surface area contributed by atoms with Gasteiger partial charge in [-0.2, -0.15) is 0 Å². The Morgan fingerprint density at radius 1 is 1.29 bits per heavy atom. The number of hydrogen-bond acceptors (Lipinski definition) is 6. The van der Waals surface area contributed by atoms with Crippen molar-refractivity contribution in [2.45, 2.75) is 18.9 Å². The molecule has 1 aromatic rings. The fraction of sp³-hybridized carbons (Fsp3) is 0.667. The number of rotatable bonds is 8. The van der Waals surface area contributed by atoms with E-state index in [0.717, 1.165) is 37.4 Å². The van der Waals surface area contributed by atoms with Crippen molar-refractivity contribution < 1.29 is 14.2 Å². The summed E-state index contributed by atoms with van der Waals surface area (Å²) in [5.74, 6) is 0.766. The van der Waals surface area contributed by atoms with Crippen LogP contribution in [0.5, 0.6) is 5.75 Å². The van der Waals surface area contributed by atoms with E-state index in [1.54, 1.807) is 13.3 Å². The Hall–Kier alpha value is -1.37. The normalized spacial score (nSPS) is 18.8. The van der Waals surface area contributed by atoms with Crippen LogP contribution in [0.15, 0.2) is 18.5 Å². The Kier molecular flexibility index (Phi) is 6.72. The molecule has 2 heterocycles. The second kappa shape index (κ2) is 8.81. The van der Waals surface area contributed by atoms with E-state index in [9.17, 15) is 0 Å². The van der Waals surface area contributed by atoms with E-state index in [1.165, 1.54) is 0 Å². The van der Waals surface area contributed by atoms with Gasteiger partial charge in [-0.1, -0.05) is 0 Å². The molecular weight excluding hydrogens is 270 g/mol. The zero-order valence-corrected chi connectivity index (χ0v) is 12.7. The maximum Gasteiger partial charge on any atom is 0.139 e. The van der Waals surface area contributed by atoms with Gasteiger partial charge < -0.3 is 24.8 Å². The number of methoxy groups -OCH3 is 1. The quantitative estimate of drug-likeness (QED) is 0.723. The van der Waals surface area contributed by atoms with Gasteiger partial charge in [0.05, 0.1) is 37.9 Å². The Morgan fingerprint density at radius 3 is 2.95 bits per heavy atom. The van der Waals surface area contributed by atoms with E-state index in [4.69, 9.17) is 19.9 Å². The van der Waals surface area contributed by atoms with Crippen LogP contribution in [-0.2, 0) is 9.47 Å². The monoisotopic (exact) mass is 295 g/mol. The van der Waals surface area contributed by atoms with Crippen LogP contribution in [0.3, 0.4) is 0 Å². The highest BCUT2D eigenvalue weighted by molar-refractivity contribution is 5.48. The van der Waals surface area contributed by atoms with Crippen molar-refractivity contribution in [1.29, 1.82) is 0 Å². The van der Waals surface area contributed by atoms with Crippen LogP contribution in [0.2, 0.25) is 0 Å². The van der Waals surface area contributed by atoms with Gasteiger partial charge in [-0.3, -0.25) is 4.98 Å². The fourth-order valence-corrected chi connectivity index (χ4v) is 2.37. The van der Waals surface area contributed by atoms with Crippen LogP contribution >= 0.6 is 0 Å². The molecule has 1 atom stereocenters. The minimum absolute atomic E-state index is 0.248. The average molecular weight is 295 g/mol. The lowest BCUT2D eigenvalue weighted by Gasteiger charge is -2.32. The minimum Gasteiger partial charge on any atom is -0.489 e. The van der Waals surface area contributed by atoms with Crippen molar-refractivity contribution in [1.82, 2.24) is 4.98 Å². The molecule has 6 nitrogen and oxygen atoms in total. The first kappa shape index (κ1) is 16.0. The Balaban J connectivity index is 1.78. The van der Waals surface area contributed by atoms with Crippen molar-refractivity contribution in [3.8, 4) is 5.75 Å². The first-order valence-corrected chi connectivity index (χ1v) is 7.44. The third-order valence-corrected chi connectivity index (χ3v) is 3.45. The largest absolute Gasteiger partial charge is 0.489 e. The van der Waals surface area contributed by atoms with Gasteiger partial charge in [-0.05, 0) is 12.8 Å². The van der Waals surface area contributed by atoms with E-state index >= 15 is 0 Å². The summed E-state index contributed by atoms with van der Waals surface area (Å²) in [4.78, 5) is 6.51. The summed E-state index contributed by atoms with van der Waals surface area (Å²) < 4.78 is 15.9. The van der Waals surface area contributed by atoms with Gasteiger partial charge >= 0.3 is 0 Å². The van der Waals surface area contributed by atoms with E-state index in [2.05, 4.69) is 9.88 Å². The van der Waals surface area contributed by atoms with Gasteiger partial charge in [-0.25, -0.2) is 0 Å². The number of pyridine rings is 1. The maximum atomic E-state index is 6.02. The van der Waals surface area contributed by atoms with Crippen LogP contribution in [0.25, 0.3) is 0 Å². The molecule has 1 aromatic heterocycles. The maximum absolute atomic E-state index is 6.02. The summed E-state index contributed by atoms with van der Waals surface area (Å²) in [6, 6.07) is 2.26. The highest BCUT2D eigenvalue weighted by Crippen LogP contribution is 2.22. The summed E-state index contributed by atoms with van der Waals surface area (Å²) >= 11 is 0. The average Bonchev–Trinajstić information content (AvgIpc) is 2.51. The number of nitrogens with zero attached hydrogens (tertiary/aromatic N) is 2. The summed E-state index contributed by atoms with van der Waals surface area (Å²) in [6.45, 7) is 4.15. The second-order valence-corrected chi connectivity index (χ2v) is 5.18. The van der Waals surface area contributed by atoms with Crippen molar-refractivity contribution in [2.75, 3.05) is 51.5 Å². The molecule has 6 heteroatoms. The predicted octanol–water partition coefficient (Wildman–Crippen LogP) is 1.05. The lowest BCUT2D eigenvalue weighted by molar-refractivity contribution is 0.0544. The summed E-state index contributed by atoms with van der Waals surface area (Å²) in [5, 5.41) is 0. The molecule has 1 fully saturated rings. The fourth-order valence-electron chi connectivity index (χ4n) is 2.37. The van der Waals surface area contributed by atoms with Gasteiger partial charge in [0.15, 0.2) is 0 Å². The van der Waals surface area contributed by atoms with E-state index in [0.29, 0.717) is 26.4 Å². The minimum atomic E-state index is 0.248. The van der Waals surface area contributed by atoms with Gasteiger partial charge in [0, 0.05) is 32.3 Å². The number of nitrogens with two attached hydrogens (primary N) is 1. The lowest BCUT2D eigenvalue weighted by Crippen LogP contribution is -2.42. The number of aromatic nitrogens is 1. The number of anilines is 1. The van der Waals surface area contributed by atoms with Crippen molar-refractivity contribution >= 4 is 5.69 Å². The third kappa shape index (κ3) is 5.49. The first-order chi connectivity index (χ1) is 10.3. The molecule has 1 aliphatic heterocycles. The molecule has 1 aliphatic rings. The predicted molar refractivity (Wildman–Crippen MR) is 81.8 cm³/mol. The topological polar surface area (TPSA) is 69.8 Å². The third-order valence-electron chi connectivity index (χ3n) is 3.45. The van der Waals surface area contributed by atoms with Gasteiger partial charge in [0.2, 0.25) is 0 Å². The molecule has 0 aliphatic carbocycles. The van der Waals surface area contributed by atoms with Gasteiger partial charge in [0.25, 0.3) is 0 Å². The Labute approximate surface area is 126 Å².